The first-order chi connectivity index (χ1) is 14.6. The predicted octanol–water partition coefficient (Wildman–Crippen LogP) is 9.71. The molecule has 5 atom stereocenters. The maximum atomic E-state index is 2.70. The van der Waals surface area contributed by atoms with Crippen LogP contribution in [0.5, 0.6) is 0 Å². The van der Waals surface area contributed by atoms with E-state index in [-0.39, 0.29) is 37.9 Å². The molecule has 2 saturated carbocycles. The van der Waals surface area contributed by atoms with Gasteiger partial charge in [0.1, 0.15) is 0 Å². The Bertz CT molecular complexity index is 995. The van der Waals surface area contributed by atoms with E-state index in [0.717, 1.165) is 0 Å². The van der Waals surface area contributed by atoms with Gasteiger partial charge in [-0.3, -0.25) is 0 Å². The van der Waals surface area contributed by atoms with Crippen LogP contribution in [0, 0.1) is 64.1 Å². The van der Waals surface area contributed by atoms with E-state index in [1.165, 1.54) is 11.1 Å². The third-order valence-corrected chi connectivity index (χ3v) is 14.6. The molecule has 1 aromatic carbocycles. The molecule has 0 aliphatic heterocycles. The molecule has 1 aromatic rings. The first-order valence-electron chi connectivity index (χ1n) is 13.7. The average molecular weight is 451 g/mol. The van der Waals surface area contributed by atoms with Crippen molar-refractivity contribution in [3.05, 3.63) is 34.4 Å². The summed E-state index contributed by atoms with van der Waals surface area (Å²) in [6, 6.07) is 5.17. The van der Waals surface area contributed by atoms with Crippen molar-refractivity contribution in [3.63, 3.8) is 0 Å². The smallest absolute Gasteiger partial charge is 0.00465 e. The summed E-state index contributed by atoms with van der Waals surface area (Å²) in [5, 5.41) is 0. The molecular weight excluding hydrogens is 396 g/mol. The highest BCUT2D eigenvalue weighted by molar-refractivity contribution is 5.49. The highest BCUT2D eigenvalue weighted by Crippen LogP contribution is 2.84. The van der Waals surface area contributed by atoms with Gasteiger partial charge in [-0.1, -0.05) is 109 Å². The van der Waals surface area contributed by atoms with E-state index in [1.54, 1.807) is 11.1 Å². The quantitative estimate of drug-likeness (QED) is 0.369. The van der Waals surface area contributed by atoms with E-state index in [2.05, 4.69) is 123 Å². The van der Waals surface area contributed by atoms with Gasteiger partial charge in [0.2, 0.25) is 0 Å². The molecule has 0 spiro atoms. The van der Waals surface area contributed by atoms with Gasteiger partial charge in [-0.05, 0) is 97.7 Å². The van der Waals surface area contributed by atoms with Crippen LogP contribution < -0.4 is 0 Å². The molecule has 0 bridgehead atoms. The van der Waals surface area contributed by atoms with Crippen molar-refractivity contribution < 1.29 is 0 Å². The molecule has 0 nitrogen and oxygen atoms in total. The molecule has 0 N–H and O–H groups in total. The lowest BCUT2D eigenvalue weighted by Crippen LogP contribution is -2.65. The maximum Gasteiger partial charge on any atom is -0.00465 e. The minimum absolute atomic E-state index is 0.131. The van der Waals surface area contributed by atoms with Gasteiger partial charge < -0.3 is 0 Å². The number of rotatable bonds is 0. The van der Waals surface area contributed by atoms with Gasteiger partial charge in [-0.15, -0.1) is 0 Å². The monoisotopic (exact) mass is 450 g/mol. The second-order valence-electron chi connectivity index (χ2n) is 16.1. The fraction of sp³-hybridized carbons (Fsp3) is 0.818. The molecule has 0 saturated heterocycles. The Labute approximate surface area is 206 Å². The zero-order valence-electron chi connectivity index (χ0n) is 25.0. The van der Waals surface area contributed by atoms with Crippen LogP contribution in [0.4, 0.5) is 0 Å². The van der Waals surface area contributed by atoms with Gasteiger partial charge in [0, 0.05) is 0 Å². The number of hydrogen-bond acceptors (Lipinski definition) is 0. The van der Waals surface area contributed by atoms with Crippen molar-refractivity contribution >= 4 is 0 Å². The van der Waals surface area contributed by atoms with Crippen LogP contribution in [0.3, 0.4) is 0 Å². The third kappa shape index (κ3) is 2.41. The van der Waals surface area contributed by atoms with Crippen molar-refractivity contribution in [2.45, 2.75) is 122 Å². The fourth-order valence-corrected chi connectivity index (χ4v) is 10.2. The van der Waals surface area contributed by atoms with Crippen LogP contribution in [-0.4, -0.2) is 0 Å². The van der Waals surface area contributed by atoms with E-state index in [1.807, 2.05) is 0 Å². The second kappa shape index (κ2) is 6.31. The molecule has 3 aliphatic rings. The molecule has 4 rings (SSSR count). The van der Waals surface area contributed by atoms with E-state index in [9.17, 15) is 0 Å². The van der Waals surface area contributed by atoms with Crippen LogP contribution >= 0.6 is 0 Å². The van der Waals surface area contributed by atoms with Crippen molar-refractivity contribution in [3.8, 4) is 0 Å². The molecule has 0 heteroatoms. The van der Waals surface area contributed by atoms with Gasteiger partial charge in [0.15, 0.2) is 0 Å². The zero-order valence-corrected chi connectivity index (χ0v) is 25.0. The Morgan fingerprint density at radius 3 is 1.64 bits per heavy atom. The first kappa shape index (κ1) is 25.3. The maximum absolute atomic E-state index is 2.70. The lowest BCUT2D eigenvalue weighted by molar-refractivity contribution is -0.182. The summed E-state index contributed by atoms with van der Waals surface area (Å²) < 4.78 is 0. The molecule has 2 fully saturated rings. The Morgan fingerprint density at radius 2 is 1.12 bits per heavy atom. The molecule has 0 aromatic heterocycles. The van der Waals surface area contributed by atoms with Crippen LogP contribution in [0.2, 0.25) is 0 Å². The summed E-state index contributed by atoms with van der Waals surface area (Å²) in [7, 11) is 0. The minimum atomic E-state index is 0.131. The zero-order chi connectivity index (χ0) is 25.5. The molecule has 3 aliphatic carbocycles. The Hall–Kier alpha value is -0.780. The molecular formula is C33H54. The van der Waals surface area contributed by atoms with Crippen molar-refractivity contribution in [1.82, 2.24) is 0 Å². The van der Waals surface area contributed by atoms with E-state index in [4.69, 9.17) is 0 Å². The standard InChI is InChI=1S/C33H54/c1-19-17-22-23(18-20(19)2)28(6,7)29(8,9)25-24(22)27(4,5)21(3)33(16)26(25)30(10,11)31(12,13)32(33,14)15/h17-18,21,24-26H,1-16H3/t21?,24?,25-,26?,33?/m1/s1. The van der Waals surface area contributed by atoms with Crippen molar-refractivity contribution in [2.24, 2.45) is 50.2 Å². The van der Waals surface area contributed by atoms with Gasteiger partial charge in [-0.2, -0.15) is 0 Å². The Kier molecular flexibility index (Phi) is 4.84. The number of fused-ring (bicyclic) bond motifs is 5. The summed E-state index contributed by atoms with van der Waals surface area (Å²) in [5.41, 5.74) is 7.79. The lowest BCUT2D eigenvalue weighted by atomic mass is 9.33. The topological polar surface area (TPSA) is 0 Å². The largest absolute Gasteiger partial charge is 0.0614 e. The highest BCUT2D eigenvalue weighted by atomic mass is 14.8. The van der Waals surface area contributed by atoms with Crippen LogP contribution in [0.1, 0.15) is 125 Å². The van der Waals surface area contributed by atoms with Gasteiger partial charge in [0.05, 0.1) is 0 Å². The molecule has 0 amide bonds. The molecule has 4 unspecified atom stereocenters. The Morgan fingerprint density at radius 1 is 0.636 bits per heavy atom. The molecule has 186 valence electrons. The van der Waals surface area contributed by atoms with Crippen molar-refractivity contribution in [2.75, 3.05) is 0 Å². The fourth-order valence-electron chi connectivity index (χ4n) is 10.2. The summed E-state index contributed by atoms with van der Waals surface area (Å²) in [4.78, 5) is 0. The van der Waals surface area contributed by atoms with Gasteiger partial charge in [0.25, 0.3) is 0 Å². The first-order valence-corrected chi connectivity index (χ1v) is 13.7. The summed E-state index contributed by atoms with van der Waals surface area (Å²) >= 11 is 0. The molecule has 0 heterocycles. The number of aryl methyl sites for hydroxylation is 2. The van der Waals surface area contributed by atoms with E-state index >= 15 is 0 Å². The van der Waals surface area contributed by atoms with Gasteiger partial charge in [-0.25, -0.2) is 0 Å². The van der Waals surface area contributed by atoms with Gasteiger partial charge >= 0.3 is 0 Å². The van der Waals surface area contributed by atoms with Crippen LogP contribution in [0.15, 0.2) is 12.1 Å². The van der Waals surface area contributed by atoms with Crippen LogP contribution in [-0.2, 0) is 5.41 Å². The summed E-state index contributed by atoms with van der Waals surface area (Å²) in [6.45, 7) is 41.2. The summed E-state index contributed by atoms with van der Waals surface area (Å²) in [6.07, 6.45) is 0. The summed E-state index contributed by atoms with van der Waals surface area (Å²) in [5.74, 6) is 2.55. The van der Waals surface area contributed by atoms with E-state index in [0.29, 0.717) is 23.7 Å². The molecule has 33 heavy (non-hydrogen) atoms. The highest BCUT2D eigenvalue weighted by Gasteiger charge is 2.79. The SMILES string of the molecule is Cc1cc2c(cc1C)C(C)(C)C(C)(C)[C@@H]1C2C(C)(C)C(C)C2(C)C1C(C)(C)C(C)(C)C2(C)C. The average Bonchev–Trinajstić information content (AvgIpc) is 2.73. The van der Waals surface area contributed by atoms with E-state index < -0.39 is 0 Å². The lowest BCUT2D eigenvalue weighted by Gasteiger charge is -2.71. The number of hydrogen-bond donors (Lipinski definition) is 0. The van der Waals surface area contributed by atoms with Crippen molar-refractivity contribution in [1.29, 1.82) is 0 Å². The normalized spacial score (nSPS) is 40.5. The third-order valence-electron chi connectivity index (χ3n) is 14.6. The van der Waals surface area contributed by atoms with Crippen LogP contribution in [0.25, 0.3) is 0 Å². The predicted molar refractivity (Wildman–Crippen MR) is 145 cm³/mol. The Balaban J connectivity index is 2.16. The molecule has 0 radical (unpaired) electrons. The minimum Gasteiger partial charge on any atom is -0.0614 e. The second-order valence-corrected chi connectivity index (χ2v) is 16.1. The number of benzene rings is 1.